The quantitative estimate of drug-likeness (QED) is 0.780. The Balaban J connectivity index is 2.39. The average molecular weight is 355 g/mol. The molecule has 0 saturated carbocycles. The van der Waals surface area contributed by atoms with Gasteiger partial charge in [0.05, 0.1) is 16.9 Å². The Bertz CT molecular complexity index is 761. The second kappa shape index (κ2) is 6.51. The monoisotopic (exact) mass is 355 g/mol. The lowest BCUT2D eigenvalue weighted by Gasteiger charge is -2.18. The van der Waals surface area contributed by atoms with Crippen LogP contribution in [0.1, 0.15) is 30.5 Å². The maximum Gasteiger partial charge on any atom is 0.416 e. The fourth-order valence-electron chi connectivity index (χ4n) is 2.37. The van der Waals surface area contributed by atoms with Gasteiger partial charge in [0.15, 0.2) is 0 Å². The van der Waals surface area contributed by atoms with Gasteiger partial charge < -0.3 is 15.5 Å². The van der Waals surface area contributed by atoms with Gasteiger partial charge in [-0.3, -0.25) is 0 Å². The van der Waals surface area contributed by atoms with Crippen LogP contribution in [0.25, 0.3) is 11.3 Å². The van der Waals surface area contributed by atoms with Gasteiger partial charge in [0, 0.05) is 12.1 Å². The number of nitrogens with zero attached hydrogens (tertiary/aromatic N) is 2. The van der Waals surface area contributed by atoms with Gasteiger partial charge in [-0.25, -0.2) is 0 Å². The highest BCUT2D eigenvalue weighted by molar-refractivity contribution is 5.74. The molecule has 2 aromatic rings. The SMILES string of the molecule is Cc1cc(NCC(C)(C)O)nnc1-c1c(C)cc(C(F)(F)F)cc1O. The van der Waals surface area contributed by atoms with Crippen molar-refractivity contribution in [2.45, 2.75) is 39.5 Å². The van der Waals surface area contributed by atoms with E-state index in [9.17, 15) is 23.4 Å². The number of aliphatic hydroxyl groups is 1. The van der Waals surface area contributed by atoms with Crippen LogP contribution < -0.4 is 5.32 Å². The molecule has 2 rings (SSSR count). The fourth-order valence-corrected chi connectivity index (χ4v) is 2.37. The number of halogens is 3. The van der Waals surface area contributed by atoms with E-state index < -0.39 is 23.1 Å². The number of alkyl halides is 3. The number of rotatable bonds is 4. The standard InChI is InChI=1S/C17H20F3N3O2/c1-9-5-11(17(18,19)20)7-12(24)14(9)15-10(2)6-13(22-23-15)21-8-16(3,4)25/h5-7,24-25H,8H2,1-4H3,(H,21,22). The number of anilines is 1. The third-order valence-electron chi connectivity index (χ3n) is 3.57. The molecule has 136 valence electrons. The van der Waals surface area contributed by atoms with E-state index in [1.807, 2.05) is 0 Å². The van der Waals surface area contributed by atoms with Crippen LogP contribution in [0, 0.1) is 13.8 Å². The summed E-state index contributed by atoms with van der Waals surface area (Å²) in [6.45, 7) is 6.73. The van der Waals surface area contributed by atoms with Gasteiger partial charge >= 0.3 is 6.18 Å². The summed E-state index contributed by atoms with van der Waals surface area (Å²) in [7, 11) is 0. The van der Waals surface area contributed by atoms with Crippen molar-refractivity contribution in [3.63, 3.8) is 0 Å². The Hall–Kier alpha value is -2.35. The van der Waals surface area contributed by atoms with Crippen molar-refractivity contribution in [1.29, 1.82) is 0 Å². The molecule has 25 heavy (non-hydrogen) atoms. The van der Waals surface area contributed by atoms with E-state index in [-0.39, 0.29) is 17.7 Å². The number of aryl methyl sites for hydroxylation is 2. The smallest absolute Gasteiger partial charge is 0.416 e. The van der Waals surface area contributed by atoms with Gasteiger partial charge in [-0.05, 0) is 57.0 Å². The minimum Gasteiger partial charge on any atom is -0.507 e. The van der Waals surface area contributed by atoms with Gasteiger partial charge in [0.25, 0.3) is 0 Å². The molecule has 1 aromatic carbocycles. The maximum absolute atomic E-state index is 12.8. The summed E-state index contributed by atoms with van der Waals surface area (Å²) in [5.41, 5.74) is -0.450. The molecule has 0 aliphatic rings. The molecule has 0 spiro atoms. The highest BCUT2D eigenvalue weighted by atomic mass is 19.4. The molecule has 0 atom stereocenters. The molecule has 0 unspecified atom stereocenters. The van der Waals surface area contributed by atoms with E-state index in [0.29, 0.717) is 23.1 Å². The lowest BCUT2D eigenvalue weighted by molar-refractivity contribution is -0.137. The minimum absolute atomic E-state index is 0.215. The number of aromatic nitrogens is 2. The van der Waals surface area contributed by atoms with Gasteiger partial charge in [-0.15, -0.1) is 10.2 Å². The highest BCUT2D eigenvalue weighted by Crippen LogP contribution is 2.39. The summed E-state index contributed by atoms with van der Waals surface area (Å²) in [5.74, 6) is -0.0747. The molecule has 1 heterocycles. The van der Waals surface area contributed by atoms with E-state index in [0.717, 1.165) is 6.07 Å². The molecule has 8 heteroatoms. The van der Waals surface area contributed by atoms with Crippen LogP contribution in [0.2, 0.25) is 0 Å². The van der Waals surface area contributed by atoms with Crippen LogP contribution >= 0.6 is 0 Å². The molecule has 5 nitrogen and oxygen atoms in total. The molecule has 0 amide bonds. The number of nitrogens with one attached hydrogen (secondary N) is 1. The van der Waals surface area contributed by atoms with Gasteiger partial charge in [0.2, 0.25) is 0 Å². The van der Waals surface area contributed by atoms with E-state index in [2.05, 4.69) is 15.5 Å². The van der Waals surface area contributed by atoms with E-state index in [4.69, 9.17) is 0 Å². The van der Waals surface area contributed by atoms with E-state index in [1.165, 1.54) is 6.92 Å². The predicted octanol–water partition coefficient (Wildman–Crippen LogP) is 3.67. The summed E-state index contributed by atoms with van der Waals surface area (Å²) >= 11 is 0. The summed E-state index contributed by atoms with van der Waals surface area (Å²) in [6.07, 6.45) is -4.54. The molecular formula is C17H20F3N3O2. The molecule has 0 fully saturated rings. The number of aromatic hydroxyl groups is 1. The van der Waals surface area contributed by atoms with Gasteiger partial charge in [0.1, 0.15) is 11.6 Å². The largest absolute Gasteiger partial charge is 0.507 e. The Kier molecular flexibility index (Phi) is 4.94. The van der Waals surface area contributed by atoms with Crippen molar-refractivity contribution in [3.05, 3.63) is 34.9 Å². The Labute approximate surface area is 143 Å². The maximum atomic E-state index is 12.8. The lowest BCUT2D eigenvalue weighted by Crippen LogP contribution is -2.29. The molecule has 0 bridgehead atoms. The van der Waals surface area contributed by atoms with Crippen LogP contribution in [-0.4, -0.2) is 32.6 Å². The predicted molar refractivity (Wildman–Crippen MR) is 88.4 cm³/mol. The van der Waals surface area contributed by atoms with Crippen LogP contribution in [0.3, 0.4) is 0 Å². The molecule has 0 aliphatic heterocycles. The fraction of sp³-hybridized carbons (Fsp3) is 0.412. The number of benzene rings is 1. The van der Waals surface area contributed by atoms with Crippen molar-refractivity contribution in [1.82, 2.24) is 10.2 Å². The van der Waals surface area contributed by atoms with Crippen LogP contribution in [0.5, 0.6) is 5.75 Å². The molecule has 3 N–H and O–H groups in total. The molecule has 0 radical (unpaired) electrons. The number of hydrogen-bond donors (Lipinski definition) is 3. The van der Waals surface area contributed by atoms with Gasteiger partial charge in [-0.1, -0.05) is 0 Å². The third kappa shape index (κ3) is 4.60. The Morgan fingerprint density at radius 2 is 1.68 bits per heavy atom. The third-order valence-corrected chi connectivity index (χ3v) is 3.57. The molecular weight excluding hydrogens is 335 g/mol. The topological polar surface area (TPSA) is 78.3 Å². The van der Waals surface area contributed by atoms with Crippen molar-refractivity contribution < 1.29 is 23.4 Å². The van der Waals surface area contributed by atoms with Crippen molar-refractivity contribution >= 4 is 5.82 Å². The summed E-state index contributed by atoms with van der Waals surface area (Å²) in [4.78, 5) is 0. The first-order chi connectivity index (χ1) is 11.4. The molecule has 1 aromatic heterocycles. The molecule has 0 aliphatic carbocycles. The summed E-state index contributed by atoms with van der Waals surface area (Å²) in [5, 5.41) is 30.7. The van der Waals surface area contributed by atoms with Crippen LogP contribution in [0.4, 0.5) is 19.0 Å². The van der Waals surface area contributed by atoms with E-state index >= 15 is 0 Å². The molecule has 0 saturated heterocycles. The van der Waals surface area contributed by atoms with Crippen LogP contribution in [0.15, 0.2) is 18.2 Å². The van der Waals surface area contributed by atoms with E-state index in [1.54, 1.807) is 26.8 Å². The first-order valence-electron chi connectivity index (χ1n) is 7.60. The lowest BCUT2D eigenvalue weighted by atomic mass is 9.98. The Morgan fingerprint density at radius 1 is 1.04 bits per heavy atom. The summed E-state index contributed by atoms with van der Waals surface area (Å²) < 4.78 is 38.5. The number of phenols is 1. The van der Waals surface area contributed by atoms with Crippen molar-refractivity contribution in [2.75, 3.05) is 11.9 Å². The highest BCUT2D eigenvalue weighted by Gasteiger charge is 2.32. The van der Waals surface area contributed by atoms with Crippen LogP contribution in [-0.2, 0) is 6.18 Å². The number of phenolic OH excluding ortho intramolecular Hbond substituents is 1. The first-order valence-corrected chi connectivity index (χ1v) is 7.60. The first kappa shape index (κ1) is 19.0. The second-order valence-electron chi connectivity index (χ2n) is 6.61. The summed E-state index contributed by atoms with van der Waals surface area (Å²) in [6, 6.07) is 3.31. The average Bonchev–Trinajstić information content (AvgIpc) is 2.44. The zero-order chi connectivity index (χ0) is 19.0. The normalized spacial score (nSPS) is 12.3. The van der Waals surface area contributed by atoms with Crippen molar-refractivity contribution in [2.24, 2.45) is 0 Å². The zero-order valence-electron chi connectivity index (χ0n) is 14.4. The number of hydrogen-bond acceptors (Lipinski definition) is 5. The zero-order valence-corrected chi connectivity index (χ0v) is 14.4. The van der Waals surface area contributed by atoms with Gasteiger partial charge in [-0.2, -0.15) is 13.2 Å². The minimum atomic E-state index is -4.54. The van der Waals surface area contributed by atoms with Crippen molar-refractivity contribution in [3.8, 4) is 17.0 Å². The second-order valence-corrected chi connectivity index (χ2v) is 6.61. The Morgan fingerprint density at radius 3 is 2.16 bits per heavy atom.